The van der Waals surface area contributed by atoms with Crippen molar-refractivity contribution in [1.82, 2.24) is 9.55 Å². The zero-order valence-corrected chi connectivity index (χ0v) is 19.1. The van der Waals surface area contributed by atoms with Crippen molar-refractivity contribution in [2.45, 2.75) is 6.92 Å². The first-order chi connectivity index (χ1) is 16.2. The first-order valence-corrected chi connectivity index (χ1v) is 11.9. The van der Waals surface area contributed by atoms with E-state index in [9.17, 15) is 0 Å². The summed E-state index contributed by atoms with van der Waals surface area (Å²) >= 11 is 1.76. The standard InChI is InChI=1S/C30H22N2S/c1-20(2)23-14-17-29-25(18-23)26(19-33-29)30-31-27-10-6-7-11-28(27)32(30)24-15-12-22(13-16-24)21-8-4-3-5-9-21/h3-19H,1H2,2H3. The molecular formula is C30H22N2S. The Bertz CT molecular complexity index is 1620. The molecule has 0 bridgehead atoms. The maximum Gasteiger partial charge on any atom is 0.147 e. The summed E-state index contributed by atoms with van der Waals surface area (Å²) in [7, 11) is 0. The molecule has 0 saturated heterocycles. The quantitative estimate of drug-likeness (QED) is 0.267. The Kier molecular flexibility index (Phi) is 4.70. The molecule has 0 unspecified atom stereocenters. The molecule has 0 spiro atoms. The van der Waals surface area contributed by atoms with Gasteiger partial charge in [-0.25, -0.2) is 4.98 Å². The monoisotopic (exact) mass is 442 g/mol. The maximum atomic E-state index is 5.08. The lowest BCUT2D eigenvalue weighted by Crippen LogP contribution is -1.97. The van der Waals surface area contributed by atoms with Gasteiger partial charge in [0.2, 0.25) is 0 Å². The number of aromatic nitrogens is 2. The van der Waals surface area contributed by atoms with Crippen molar-refractivity contribution in [2.75, 3.05) is 0 Å². The van der Waals surface area contributed by atoms with Gasteiger partial charge in [0.25, 0.3) is 0 Å². The Hall–Kier alpha value is -3.95. The van der Waals surface area contributed by atoms with Gasteiger partial charge >= 0.3 is 0 Å². The summed E-state index contributed by atoms with van der Waals surface area (Å²) in [6.45, 7) is 6.19. The Morgan fingerprint density at radius 2 is 1.55 bits per heavy atom. The van der Waals surface area contributed by atoms with Gasteiger partial charge in [0.05, 0.1) is 11.0 Å². The average Bonchev–Trinajstić information content (AvgIpc) is 3.45. The van der Waals surface area contributed by atoms with Gasteiger partial charge in [-0.1, -0.05) is 72.8 Å². The smallest absolute Gasteiger partial charge is 0.147 e. The van der Waals surface area contributed by atoms with Gasteiger partial charge < -0.3 is 0 Å². The Labute approximate surface area is 197 Å². The fourth-order valence-corrected chi connectivity index (χ4v) is 5.29. The lowest BCUT2D eigenvalue weighted by atomic mass is 10.0. The molecule has 33 heavy (non-hydrogen) atoms. The van der Waals surface area contributed by atoms with Crippen molar-refractivity contribution in [3.8, 4) is 28.2 Å². The fourth-order valence-electron chi connectivity index (χ4n) is 4.37. The number of thiophene rings is 1. The van der Waals surface area contributed by atoms with Crippen LogP contribution in [0.25, 0.3) is 54.9 Å². The zero-order chi connectivity index (χ0) is 22.4. The molecular weight excluding hydrogens is 420 g/mol. The largest absolute Gasteiger partial charge is 0.292 e. The predicted octanol–water partition coefficient (Wildman–Crippen LogP) is 8.61. The summed E-state index contributed by atoms with van der Waals surface area (Å²) in [4.78, 5) is 5.08. The molecule has 6 aromatic rings. The molecule has 3 heteroatoms. The van der Waals surface area contributed by atoms with Crippen LogP contribution in [-0.4, -0.2) is 9.55 Å². The number of hydrogen-bond acceptors (Lipinski definition) is 2. The Balaban J connectivity index is 1.56. The summed E-state index contributed by atoms with van der Waals surface area (Å²) in [6.07, 6.45) is 0. The van der Waals surface area contributed by atoms with Gasteiger partial charge in [-0.2, -0.15) is 0 Å². The van der Waals surface area contributed by atoms with E-state index in [1.165, 1.54) is 21.2 Å². The van der Waals surface area contributed by atoms with Crippen LogP contribution >= 0.6 is 11.3 Å². The van der Waals surface area contributed by atoms with E-state index in [1.807, 2.05) is 12.1 Å². The highest BCUT2D eigenvalue weighted by Gasteiger charge is 2.18. The van der Waals surface area contributed by atoms with Crippen LogP contribution in [0.2, 0.25) is 0 Å². The van der Waals surface area contributed by atoms with Crippen molar-refractivity contribution in [3.05, 3.63) is 115 Å². The average molecular weight is 443 g/mol. The van der Waals surface area contributed by atoms with Crippen molar-refractivity contribution >= 4 is 38.0 Å². The zero-order valence-electron chi connectivity index (χ0n) is 18.3. The molecule has 0 fully saturated rings. The molecule has 0 aliphatic heterocycles. The highest BCUT2D eigenvalue weighted by molar-refractivity contribution is 7.17. The summed E-state index contributed by atoms with van der Waals surface area (Å²) in [5.41, 5.74) is 9.02. The van der Waals surface area contributed by atoms with E-state index in [1.54, 1.807) is 11.3 Å². The SMILES string of the molecule is C=C(C)c1ccc2scc(-c3nc4ccccc4n3-c3ccc(-c4ccccc4)cc3)c2c1. The third kappa shape index (κ3) is 3.38. The molecule has 2 nitrogen and oxygen atoms in total. The first kappa shape index (κ1) is 19.7. The second kappa shape index (κ2) is 7.88. The molecule has 0 amide bonds. The van der Waals surface area contributed by atoms with Crippen LogP contribution in [0.4, 0.5) is 0 Å². The maximum absolute atomic E-state index is 5.08. The lowest BCUT2D eigenvalue weighted by Gasteiger charge is -2.11. The molecule has 2 heterocycles. The van der Waals surface area contributed by atoms with E-state index >= 15 is 0 Å². The molecule has 4 aromatic carbocycles. The molecule has 0 atom stereocenters. The highest BCUT2D eigenvalue weighted by Crippen LogP contribution is 2.38. The van der Waals surface area contributed by atoms with Crippen LogP contribution in [0.3, 0.4) is 0 Å². The topological polar surface area (TPSA) is 17.8 Å². The number of fused-ring (bicyclic) bond motifs is 2. The predicted molar refractivity (Wildman–Crippen MR) is 142 cm³/mol. The van der Waals surface area contributed by atoms with E-state index in [-0.39, 0.29) is 0 Å². The second-order valence-electron chi connectivity index (χ2n) is 8.31. The number of imidazole rings is 1. The van der Waals surface area contributed by atoms with Crippen molar-refractivity contribution < 1.29 is 0 Å². The third-order valence-corrected chi connectivity index (χ3v) is 7.06. The van der Waals surface area contributed by atoms with Crippen LogP contribution in [-0.2, 0) is 0 Å². The van der Waals surface area contributed by atoms with Crippen LogP contribution in [0.1, 0.15) is 12.5 Å². The highest BCUT2D eigenvalue weighted by atomic mass is 32.1. The van der Waals surface area contributed by atoms with Crippen molar-refractivity contribution in [1.29, 1.82) is 0 Å². The van der Waals surface area contributed by atoms with Gasteiger partial charge in [0.15, 0.2) is 0 Å². The fraction of sp³-hybridized carbons (Fsp3) is 0.0333. The van der Waals surface area contributed by atoms with E-state index < -0.39 is 0 Å². The van der Waals surface area contributed by atoms with Gasteiger partial charge in [0, 0.05) is 26.7 Å². The van der Waals surface area contributed by atoms with Crippen molar-refractivity contribution in [3.63, 3.8) is 0 Å². The minimum atomic E-state index is 0.966. The van der Waals surface area contributed by atoms with Gasteiger partial charge in [-0.15, -0.1) is 11.3 Å². The summed E-state index contributed by atoms with van der Waals surface area (Å²) in [5, 5.41) is 3.45. The second-order valence-corrected chi connectivity index (χ2v) is 9.22. The molecule has 0 saturated carbocycles. The van der Waals surface area contributed by atoms with Gasteiger partial charge in [0.1, 0.15) is 5.82 Å². The molecule has 0 N–H and O–H groups in total. The van der Waals surface area contributed by atoms with E-state index in [0.717, 1.165) is 39.2 Å². The Morgan fingerprint density at radius 3 is 2.33 bits per heavy atom. The van der Waals surface area contributed by atoms with E-state index in [2.05, 4.69) is 108 Å². The normalized spacial score (nSPS) is 11.3. The molecule has 6 rings (SSSR count). The third-order valence-electron chi connectivity index (χ3n) is 6.10. The van der Waals surface area contributed by atoms with E-state index in [4.69, 9.17) is 4.98 Å². The minimum absolute atomic E-state index is 0.966. The minimum Gasteiger partial charge on any atom is -0.292 e. The number of nitrogens with zero attached hydrogens (tertiary/aromatic N) is 2. The molecule has 2 aromatic heterocycles. The molecule has 0 aliphatic carbocycles. The number of hydrogen-bond donors (Lipinski definition) is 0. The molecule has 0 radical (unpaired) electrons. The van der Waals surface area contributed by atoms with Gasteiger partial charge in [-0.3, -0.25) is 4.57 Å². The Morgan fingerprint density at radius 1 is 0.818 bits per heavy atom. The number of rotatable bonds is 4. The molecule has 158 valence electrons. The lowest BCUT2D eigenvalue weighted by molar-refractivity contribution is 1.11. The van der Waals surface area contributed by atoms with Crippen LogP contribution in [0, 0.1) is 0 Å². The summed E-state index contributed by atoms with van der Waals surface area (Å²) in [5.74, 6) is 0.966. The summed E-state index contributed by atoms with van der Waals surface area (Å²) < 4.78 is 3.53. The number of para-hydroxylation sites is 2. The van der Waals surface area contributed by atoms with Crippen LogP contribution < -0.4 is 0 Å². The number of benzene rings is 4. The van der Waals surface area contributed by atoms with Gasteiger partial charge in [-0.05, 0) is 60.0 Å². The number of allylic oxidation sites excluding steroid dienone is 1. The first-order valence-electron chi connectivity index (χ1n) is 11.0. The van der Waals surface area contributed by atoms with Crippen LogP contribution in [0.15, 0.2) is 109 Å². The van der Waals surface area contributed by atoms with Crippen LogP contribution in [0.5, 0.6) is 0 Å². The van der Waals surface area contributed by atoms with E-state index in [0.29, 0.717) is 0 Å². The molecule has 0 aliphatic rings. The van der Waals surface area contributed by atoms with Crippen molar-refractivity contribution in [2.24, 2.45) is 0 Å². The summed E-state index contributed by atoms with van der Waals surface area (Å²) in [6, 6.07) is 34.2.